The lowest BCUT2D eigenvalue weighted by atomic mass is 9.98. The Bertz CT molecular complexity index is 465. The summed E-state index contributed by atoms with van der Waals surface area (Å²) in [5, 5.41) is 7.20. The van der Waals surface area contributed by atoms with Crippen molar-refractivity contribution in [1.29, 1.82) is 0 Å². The van der Waals surface area contributed by atoms with Gasteiger partial charge in [0, 0.05) is 0 Å². The van der Waals surface area contributed by atoms with Crippen LogP contribution in [0.2, 0.25) is 0 Å². The third kappa shape index (κ3) is 2.13. The summed E-state index contributed by atoms with van der Waals surface area (Å²) in [5.74, 6) is 0. The fraction of sp³-hybridized carbons (Fsp3) is 0.333. The molecule has 0 saturated carbocycles. The summed E-state index contributed by atoms with van der Waals surface area (Å²) in [4.78, 5) is 1.15. The van der Waals surface area contributed by atoms with E-state index in [1.54, 1.807) is 0 Å². The molecule has 0 saturated heterocycles. The number of hydrogen-bond acceptors (Lipinski definition) is 4. The first-order chi connectivity index (χ1) is 7.72. The first-order valence-electron chi connectivity index (χ1n) is 5.24. The van der Waals surface area contributed by atoms with Crippen LogP contribution in [0.15, 0.2) is 24.4 Å². The molecule has 2 aromatic rings. The first-order valence-corrected chi connectivity index (χ1v) is 6.01. The van der Waals surface area contributed by atoms with Crippen molar-refractivity contribution in [2.75, 3.05) is 7.05 Å². The summed E-state index contributed by atoms with van der Waals surface area (Å²) < 4.78 is 3.92. The molecule has 0 aliphatic heterocycles. The van der Waals surface area contributed by atoms with Gasteiger partial charge in [-0.1, -0.05) is 28.3 Å². The zero-order valence-electron chi connectivity index (χ0n) is 9.69. The van der Waals surface area contributed by atoms with Gasteiger partial charge in [-0.25, -0.2) is 0 Å². The molecule has 3 nitrogen and oxygen atoms in total. The highest BCUT2D eigenvalue weighted by atomic mass is 32.1. The Morgan fingerprint density at radius 3 is 2.69 bits per heavy atom. The van der Waals surface area contributed by atoms with Crippen molar-refractivity contribution in [2.45, 2.75) is 19.9 Å². The Kier molecular flexibility index (Phi) is 3.31. The van der Waals surface area contributed by atoms with Crippen molar-refractivity contribution in [2.24, 2.45) is 0 Å². The molecule has 4 heteroatoms. The van der Waals surface area contributed by atoms with Gasteiger partial charge in [-0.2, -0.15) is 0 Å². The predicted octanol–water partition coefficient (Wildman–Crippen LogP) is 2.46. The van der Waals surface area contributed by atoms with Crippen molar-refractivity contribution in [1.82, 2.24) is 14.9 Å². The van der Waals surface area contributed by atoms with E-state index < -0.39 is 0 Å². The third-order valence-corrected chi connectivity index (χ3v) is 3.42. The molecule has 1 aromatic heterocycles. The topological polar surface area (TPSA) is 37.8 Å². The van der Waals surface area contributed by atoms with Gasteiger partial charge in [0.1, 0.15) is 0 Å². The molecule has 0 bridgehead atoms. The maximum atomic E-state index is 3.92. The Morgan fingerprint density at radius 2 is 2.12 bits per heavy atom. The second kappa shape index (κ2) is 4.72. The fourth-order valence-corrected chi connectivity index (χ4v) is 2.54. The Hall–Kier alpha value is -1.26. The standard InChI is InChI=1S/C12H15N3S/c1-8-4-5-10(9(2)6-8)12(13-3)11-7-14-15-16-11/h4-7,12-13H,1-3H3. The van der Waals surface area contributed by atoms with E-state index in [1.165, 1.54) is 28.2 Å². The molecule has 1 N–H and O–H groups in total. The maximum absolute atomic E-state index is 3.92. The van der Waals surface area contributed by atoms with Crippen LogP contribution in [0.4, 0.5) is 0 Å². The zero-order chi connectivity index (χ0) is 11.5. The van der Waals surface area contributed by atoms with Gasteiger partial charge in [0.15, 0.2) is 0 Å². The molecule has 0 fully saturated rings. The molecule has 0 radical (unpaired) electrons. The molecule has 1 unspecified atom stereocenters. The number of nitrogens with one attached hydrogen (secondary N) is 1. The number of aromatic nitrogens is 2. The summed E-state index contributed by atoms with van der Waals surface area (Å²) >= 11 is 1.44. The van der Waals surface area contributed by atoms with E-state index in [1.807, 2.05) is 13.2 Å². The number of benzene rings is 1. The average molecular weight is 233 g/mol. The van der Waals surface area contributed by atoms with Gasteiger partial charge in [0.05, 0.1) is 17.1 Å². The fourth-order valence-electron chi connectivity index (χ4n) is 1.90. The summed E-state index contributed by atoms with van der Waals surface area (Å²) in [6, 6.07) is 6.71. The summed E-state index contributed by atoms with van der Waals surface area (Å²) in [6.45, 7) is 4.25. The minimum Gasteiger partial charge on any atom is -0.309 e. The van der Waals surface area contributed by atoms with E-state index in [0.29, 0.717) is 0 Å². The van der Waals surface area contributed by atoms with Crippen molar-refractivity contribution in [3.63, 3.8) is 0 Å². The smallest absolute Gasteiger partial charge is 0.0703 e. The third-order valence-electron chi connectivity index (χ3n) is 2.69. The van der Waals surface area contributed by atoms with Crippen LogP contribution in [0, 0.1) is 13.8 Å². The molecule has 0 aliphatic rings. The molecular weight excluding hydrogens is 218 g/mol. The SMILES string of the molecule is CNC(c1cnns1)c1ccc(C)cc1C. The number of hydrogen-bond donors (Lipinski definition) is 1. The molecule has 2 rings (SSSR count). The van der Waals surface area contributed by atoms with Gasteiger partial charge < -0.3 is 5.32 Å². The van der Waals surface area contributed by atoms with E-state index in [9.17, 15) is 0 Å². The molecule has 0 aliphatic carbocycles. The van der Waals surface area contributed by atoms with Gasteiger partial charge in [-0.3, -0.25) is 0 Å². The van der Waals surface area contributed by atoms with Gasteiger partial charge in [0.2, 0.25) is 0 Å². The number of rotatable bonds is 3. The van der Waals surface area contributed by atoms with Crippen LogP contribution in [0.25, 0.3) is 0 Å². The molecule has 1 heterocycles. The average Bonchev–Trinajstić information content (AvgIpc) is 2.75. The van der Waals surface area contributed by atoms with E-state index in [0.717, 1.165) is 4.88 Å². The minimum absolute atomic E-state index is 0.195. The lowest BCUT2D eigenvalue weighted by Gasteiger charge is -2.16. The van der Waals surface area contributed by atoms with E-state index in [2.05, 4.69) is 47.0 Å². The Balaban J connectivity index is 2.41. The van der Waals surface area contributed by atoms with Crippen LogP contribution in [0.3, 0.4) is 0 Å². The van der Waals surface area contributed by atoms with Gasteiger partial charge >= 0.3 is 0 Å². The normalized spacial score (nSPS) is 12.7. The zero-order valence-corrected chi connectivity index (χ0v) is 10.5. The van der Waals surface area contributed by atoms with E-state index in [4.69, 9.17) is 0 Å². The summed E-state index contributed by atoms with van der Waals surface area (Å²) in [6.07, 6.45) is 1.82. The maximum Gasteiger partial charge on any atom is 0.0703 e. The molecule has 0 amide bonds. The first kappa shape index (κ1) is 11.2. The highest BCUT2D eigenvalue weighted by Gasteiger charge is 2.16. The molecule has 0 spiro atoms. The monoisotopic (exact) mass is 233 g/mol. The van der Waals surface area contributed by atoms with Crippen LogP contribution >= 0.6 is 11.5 Å². The van der Waals surface area contributed by atoms with Gasteiger partial charge in [-0.15, -0.1) is 5.10 Å². The highest BCUT2D eigenvalue weighted by molar-refractivity contribution is 7.05. The van der Waals surface area contributed by atoms with E-state index in [-0.39, 0.29) is 6.04 Å². The lowest BCUT2D eigenvalue weighted by Crippen LogP contribution is -2.17. The van der Waals surface area contributed by atoms with E-state index >= 15 is 0 Å². The molecule has 1 atom stereocenters. The van der Waals surface area contributed by atoms with Crippen LogP contribution < -0.4 is 5.32 Å². The second-order valence-electron chi connectivity index (χ2n) is 3.90. The molecule has 16 heavy (non-hydrogen) atoms. The summed E-state index contributed by atoms with van der Waals surface area (Å²) in [7, 11) is 1.96. The van der Waals surface area contributed by atoms with Crippen LogP contribution in [0.5, 0.6) is 0 Å². The quantitative estimate of drug-likeness (QED) is 0.885. The number of nitrogens with zero attached hydrogens (tertiary/aromatic N) is 2. The Morgan fingerprint density at radius 1 is 1.31 bits per heavy atom. The van der Waals surface area contributed by atoms with Gasteiger partial charge in [0.25, 0.3) is 0 Å². The van der Waals surface area contributed by atoms with Crippen molar-refractivity contribution < 1.29 is 0 Å². The predicted molar refractivity (Wildman–Crippen MR) is 66.7 cm³/mol. The largest absolute Gasteiger partial charge is 0.309 e. The van der Waals surface area contributed by atoms with Crippen LogP contribution in [-0.2, 0) is 0 Å². The van der Waals surface area contributed by atoms with Gasteiger partial charge in [-0.05, 0) is 43.6 Å². The van der Waals surface area contributed by atoms with Crippen molar-refractivity contribution in [3.8, 4) is 0 Å². The molecular formula is C12H15N3S. The molecule has 84 valence electrons. The number of aryl methyl sites for hydroxylation is 2. The molecule has 1 aromatic carbocycles. The van der Waals surface area contributed by atoms with Crippen molar-refractivity contribution >= 4 is 11.5 Å². The summed E-state index contributed by atoms with van der Waals surface area (Å²) in [5.41, 5.74) is 3.88. The second-order valence-corrected chi connectivity index (χ2v) is 4.72. The van der Waals surface area contributed by atoms with Crippen LogP contribution in [-0.4, -0.2) is 16.6 Å². The Labute approximate surface area is 99.7 Å². The van der Waals surface area contributed by atoms with Crippen LogP contribution in [0.1, 0.15) is 27.6 Å². The minimum atomic E-state index is 0.195. The highest BCUT2D eigenvalue weighted by Crippen LogP contribution is 2.26. The van der Waals surface area contributed by atoms with Crippen molar-refractivity contribution in [3.05, 3.63) is 46.0 Å². The lowest BCUT2D eigenvalue weighted by molar-refractivity contribution is 0.697.